The molecule has 8 nitrogen and oxygen atoms in total. The van der Waals surface area contributed by atoms with Gasteiger partial charge in [0.2, 0.25) is 0 Å². The van der Waals surface area contributed by atoms with E-state index in [0.717, 1.165) is 45.2 Å². The molecule has 0 amide bonds. The molecule has 1 aromatic carbocycles. The van der Waals surface area contributed by atoms with Crippen LogP contribution in [0.3, 0.4) is 0 Å². The van der Waals surface area contributed by atoms with E-state index in [-0.39, 0.29) is 0 Å². The van der Waals surface area contributed by atoms with Crippen LogP contribution in [0.2, 0.25) is 5.15 Å². The van der Waals surface area contributed by atoms with Crippen molar-refractivity contribution in [2.45, 2.75) is 6.92 Å². The van der Waals surface area contributed by atoms with Crippen LogP contribution in [0, 0.1) is 6.92 Å². The fourth-order valence-electron chi connectivity index (χ4n) is 3.25. The first-order chi connectivity index (χ1) is 14.8. The topological polar surface area (TPSA) is 80.9 Å². The van der Waals surface area contributed by atoms with Crippen molar-refractivity contribution in [2.24, 2.45) is 7.05 Å². The third-order valence-electron chi connectivity index (χ3n) is 4.87. The summed E-state index contributed by atoms with van der Waals surface area (Å²) in [6.45, 7) is 1.95. The number of benzene rings is 1. The van der Waals surface area contributed by atoms with Gasteiger partial charge in [0.1, 0.15) is 27.5 Å². The van der Waals surface area contributed by atoms with Gasteiger partial charge in [0, 0.05) is 38.2 Å². The molecule has 2 atom stereocenters. The Morgan fingerprint density at radius 1 is 1.23 bits per heavy atom. The number of rotatable bonds is 6. The van der Waals surface area contributed by atoms with Crippen molar-refractivity contribution in [2.75, 3.05) is 22.9 Å². The molecule has 2 unspecified atom stereocenters. The summed E-state index contributed by atoms with van der Waals surface area (Å²) in [5.74, 6) is 0.875. The van der Waals surface area contributed by atoms with Crippen LogP contribution in [0.15, 0.2) is 36.7 Å². The number of aryl methyl sites for hydroxylation is 2. The number of nitrogens with zero attached hydrogens (tertiary/aromatic N) is 6. The van der Waals surface area contributed by atoms with Gasteiger partial charge in [-0.1, -0.05) is 17.7 Å². The first kappa shape index (κ1) is 22.4. The average molecular weight is 588 g/mol. The maximum atomic E-state index is 12.3. The zero-order chi connectivity index (χ0) is 22.3. The highest BCUT2D eigenvalue weighted by atomic mass is 127. The fraction of sp³-hybridized carbons (Fsp3) is 0.211. The molecular formula is C19H20ClIN7OPS. The molecule has 0 fully saturated rings. The first-order valence-corrected chi connectivity index (χ1v) is 15.1. The largest absolute Gasteiger partial charge is 0.352 e. The Balaban J connectivity index is 1.84. The number of hydrogen-bond acceptors (Lipinski definition) is 5. The molecule has 31 heavy (non-hydrogen) atoms. The number of hydrogen-bond donors (Lipinski definition) is 1. The second kappa shape index (κ2) is 9.01. The Hall–Kier alpha value is -1.75. The summed E-state index contributed by atoms with van der Waals surface area (Å²) in [5, 5.41) is 8.08. The van der Waals surface area contributed by atoms with Crippen LogP contribution in [0.5, 0.6) is 0 Å². The lowest BCUT2D eigenvalue weighted by Gasteiger charge is -2.21. The molecule has 4 rings (SSSR count). The van der Waals surface area contributed by atoms with Crippen molar-refractivity contribution >= 4 is 79.2 Å². The van der Waals surface area contributed by atoms with Crippen molar-refractivity contribution in [1.29, 1.82) is 0 Å². The molecule has 0 saturated heterocycles. The number of fused-ring (bicyclic) bond motifs is 1. The molecule has 162 valence electrons. The molecule has 0 saturated carbocycles. The highest BCUT2D eigenvalue weighted by Gasteiger charge is 2.17. The summed E-state index contributed by atoms with van der Waals surface area (Å²) in [7, 11) is 2.47. The number of imidazole rings is 1. The first-order valence-electron chi connectivity index (χ1n) is 9.18. The van der Waals surface area contributed by atoms with Gasteiger partial charge in [0.25, 0.3) is 0 Å². The molecule has 0 aliphatic heterocycles. The Morgan fingerprint density at radius 2 is 2.00 bits per heavy atom. The van der Waals surface area contributed by atoms with E-state index in [1.807, 2.05) is 48.9 Å². The predicted molar refractivity (Wildman–Crippen MR) is 139 cm³/mol. The normalized spacial score (nSPS) is 12.7. The molecule has 0 spiro atoms. The highest BCUT2D eigenvalue weighted by Crippen LogP contribution is 2.38. The summed E-state index contributed by atoms with van der Waals surface area (Å²) in [4.78, 5) is 9.17. The van der Waals surface area contributed by atoms with Crippen LogP contribution in [0.1, 0.15) is 5.82 Å². The van der Waals surface area contributed by atoms with Crippen LogP contribution in [0.4, 0.5) is 17.1 Å². The van der Waals surface area contributed by atoms with E-state index in [2.05, 4.69) is 37.4 Å². The quantitative estimate of drug-likeness (QED) is 0.194. The van der Waals surface area contributed by atoms with Gasteiger partial charge in [-0.15, -0.1) is 0 Å². The molecule has 0 radical (unpaired) electrons. The Labute approximate surface area is 202 Å². The zero-order valence-electron chi connectivity index (χ0n) is 17.2. The summed E-state index contributed by atoms with van der Waals surface area (Å²) >= 11 is 8.63. The molecule has 0 aliphatic rings. The second-order valence-electron chi connectivity index (χ2n) is 6.92. The van der Waals surface area contributed by atoms with Crippen molar-refractivity contribution in [3.63, 3.8) is 0 Å². The molecular weight excluding hydrogens is 568 g/mol. The van der Waals surface area contributed by atoms with Crippen LogP contribution >= 0.6 is 40.0 Å². The van der Waals surface area contributed by atoms with Crippen molar-refractivity contribution in [3.8, 4) is 11.1 Å². The smallest absolute Gasteiger partial charge is 0.167 e. The molecule has 4 aromatic rings. The SMILES string of the molecule is Cc1nc2c(Nc3ccc(-c4cnn(C)c4)cc3N(C)S(C)=O)cc(Cl)nc2n1PI. The predicted octanol–water partition coefficient (Wildman–Crippen LogP) is 5.06. The molecule has 3 aromatic heterocycles. The third kappa shape index (κ3) is 4.44. The van der Waals surface area contributed by atoms with Gasteiger partial charge < -0.3 is 5.32 Å². The van der Waals surface area contributed by atoms with Crippen LogP contribution in [0.25, 0.3) is 22.3 Å². The maximum absolute atomic E-state index is 12.3. The van der Waals surface area contributed by atoms with E-state index in [4.69, 9.17) is 16.6 Å². The van der Waals surface area contributed by atoms with E-state index in [1.54, 1.807) is 28.4 Å². The monoisotopic (exact) mass is 587 g/mol. The van der Waals surface area contributed by atoms with E-state index in [1.165, 1.54) is 0 Å². The second-order valence-corrected chi connectivity index (χ2v) is 10.8. The van der Waals surface area contributed by atoms with Crippen LogP contribution < -0.4 is 9.62 Å². The van der Waals surface area contributed by atoms with Crippen molar-refractivity contribution in [1.82, 2.24) is 24.1 Å². The minimum absolute atomic E-state index is 0.381. The summed E-state index contributed by atoms with van der Waals surface area (Å²) in [6.07, 6.45) is 5.86. The van der Waals surface area contributed by atoms with Gasteiger partial charge in [0.15, 0.2) is 5.65 Å². The Morgan fingerprint density at radius 3 is 2.65 bits per heavy atom. The number of nitrogens with one attached hydrogen (secondary N) is 1. The van der Waals surface area contributed by atoms with Gasteiger partial charge in [-0.3, -0.25) is 13.3 Å². The minimum atomic E-state index is -1.21. The molecule has 0 aliphatic carbocycles. The van der Waals surface area contributed by atoms with Gasteiger partial charge >= 0.3 is 0 Å². The number of aromatic nitrogens is 5. The Kier molecular flexibility index (Phi) is 6.52. The number of halogens is 2. The highest BCUT2D eigenvalue weighted by molar-refractivity contribution is 14.2. The summed E-state index contributed by atoms with van der Waals surface area (Å²) in [6, 6.07) is 7.73. The lowest BCUT2D eigenvalue weighted by molar-refractivity contribution is 0.685. The lowest BCUT2D eigenvalue weighted by atomic mass is 10.1. The zero-order valence-corrected chi connectivity index (χ0v) is 21.9. The van der Waals surface area contributed by atoms with E-state index < -0.39 is 11.0 Å². The Bertz CT molecular complexity index is 1310. The molecule has 1 N–H and O–H groups in total. The van der Waals surface area contributed by atoms with Gasteiger partial charge in [-0.2, -0.15) is 5.10 Å². The molecule has 12 heteroatoms. The summed E-state index contributed by atoms with van der Waals surface area (Å²) < 4.78 is 17.8. The van der Waals surface area contributed by atoms with Crippen molar-refractivity contribution in [3.05, 3.63) is 47.6 Å². The van der Waals surface area contributed by atoms with Crippen LogP contribution in [-0.2, 0) is 18.0 Å². The number of pyridine rings is 1. The summed E-state index contributed by atoms with van der Waals surface area (Å²) in [5.41, 5.74) is 5.77. The third-order valence-corrected chi connectivity index (χ3v) is 8.18. The lowest BCUT2D eigenvalue weighted by Crippen LogP contribution is -2.20. The minimum Gasteiger partial charge on any atom is -0.352 e. The maximum Gasteiger partial charge on any atom is 0.167 e. The molecule has 3 heterocycles. The number of anilines is 3. The van der Waals surface area contributed by atoms with E-state index in [0.29, 0.717) is 11.5 Å². The van der Waals surface area contributed by atoms with Crippen molar-refractivity contribution < 1.29 is 4.21 Å². The van der Waals surface area contributed by atoms with E-state index in [9.17, 15) is 4.21 Å². The van der Waals surface area contributed by atoms with Gasteiger partial charge in [-0.25, -0.2) is 14.2 Å². The van der Waals surface area contributed by atoms with Gasteiger partial charge in [-0.05, 0) is 46.7 Å². The average Bonchev–Trinajstić information content (AvgIpc) is 3.30. The van der Waals surface area contributed by atoms with Gasteiger partial charge in [0.05, 0.1) is 29.6 Å². The fourth-order valence-corrected chi connectivity index (χ4v) is 6.01. The van der Waals surface area contributed by atoms with Crippen LogP contribution in [-0.4, -0.2) is 41.6 Å². The molecule has 0 bridgehead atoms. The standard InChI is InChI=1S/C19H20ClIN7OPS/c1-11-23-18-15(8-17(20)25-19(18)28(11)30-21)24-14-6-5-12(13-9-22-26(2)10-13)7-16(14)27(3)31(4)29/h5-10,30H,1-4H3,(H,24,25). The van der Waals surface area contributed by atoms with E-state index >= 15 is 0 Å².